The Bertz CT molecular complexity index is 1610. The van der Waals surface area contributed by atoms with Crippen molar-refractivity contribution in [2.24, 2.45) is 15.0 Å². The van der Waals surface area contributed by atoms with Crippen LogP contribution in [0, 0.1) is 20.8 Å². The number of benzene rings is 4. The second kappa shape index (κ2) is 11.7. The highest BCUT2D eigenvalue weighted by Crippen LogP contribution is 2.47. The summed E-state index contributed by atoms with van der Waals surface area (Å²) in [5.41, 5.74) is 12.3. The minimum Gasteiger partial charge on any atom is -0.475 e. The summed E-state index contributed by atoms with van der Waals surface area (Å²) in [6.45, 7) is 14.1. The van der Waals surface area contributed by atoms with Crippen molar-refractivity contribution >= 4 is 17.7 Å². The molecule has 0 spiro atoms. The van der Waals surface area contributed by atoms with E-state index in [1.165, 1.54) is 16.7 Å². The summed E-state index contributed by atoms with van der Waals surface area (Å²) in [5, 5.41) is 0. The van der Waals surface area contributed by atoms with Crippen LogP contribution in [0.1, 0.15) is 54.2 Å². The van der Waals surface area contributed by atoms with Crippen LogP contribution in [0.25, 0.3) is 33.4 Å². The lowest BCUT2D eigenvalue weighted by Gasteiger charge is -2.27. The van der Waals surface area contributed by atoms with Gasteiger partial charge in [0.1, 0.15) is 19.8 Å². The summed E-state index contributed by atoms with van der Waals surface area (Å²) in [7, 11) is 0. The van der Waals surface area contributed by atoms with Crippen LogP contribution < -0.4 is 0 Å². The van der Waals surface area contributed by atoms with Crippen molar-refractivity contribution in [2.75, 3.05) is 19.8 Å². The first-order valence-corrected chi connectivity index (χ1v) is 15.8. The van der Waals surface area contributed by atoms with Gasteiger partial charge < -0.3 is 14.2 Å². The van der Waals surface area contributed by atoms with Crippen LogP contribution in [0.4, 0.5) is 0 Å². The summed E-state index contributed by atoms with van der Waals surface area (Å²) in [5.74, 6) is 1.85. The lowest BCUT2D eigenvalue weighted by Crippen LogP contribution is -2.19. The molecular formula is C39H39N3O3. The van der Waals surface area contributed by atoms with E-state index in [1.807, 2.05) is 0 Å². The first-order chi connectivity index (χ1) is 21.8. The van der Waals surface area contributed by atoms with Gasteiger partial charge in [0.15, 0.2) is 0 Å². The van der Waals surface area contributed by atoms with Crippen LogP contribution in [0.15, 0.2) is 87.8 Å². The van der Waals surface area contributed by atoms with Gasteiger partial charge in [0.25, 0.3) is 0 Å². The van der Waals surface area contributed by atoms with Gasteiger partial charge in [-0.2, -0.15) is 0 Å². The highest BCUT2D eigenvalue weighted by atomic mass is 16.5. The predicted molar refractivity (Wildman–Crippen MR) is 183 cm³/mol. The Hall–Kier alpha value is -4.71. The fourth-order valence-electron chi connectivity index (χ4n) is 6.25. The van der Waals surface area contributed by atoms with Crippen molar-refractivity contribution in [3.8, 4) is 33.4 Å². The van der Waals surface area contributed by atoms with E-state index in [4.69, 9.17) is 29.2 Å². The Morgan fingerprint density at radius 3 is 0.844 bits per heavy atom. The Kier molecular flexibility index (Phi) is 7.52. The lowest BCUT2D eigenvalue weighted by atomic mass is 9.78. The molecule has 0 amide bonds. The normalized spacial score (nSPS) is 20.7. The largest absolute Gasteiger partial charge is 0.475 e. The van der Waals surface area contributed by atoms with Crippen LogP contribution in [0.5, 0.6) is 0 Å². The van der Waals surface area contributed by atoms with Gasteiger partial charge in [0.05, 0.1) is 34.8 Å². The average molecular weight is 598 g/mol. The molecule has 7 rings (SSSR count). The van der Waals surface area contributed by atoms with Crippen molar-refractivity contribution in [3.05, 3.63) is 106 Å². The van der Waals surface area contributed by atoms with Gasteiger partial charge in [-0.25, -0.2) is 15.0 Å². The highest BCUT2D eigenvalue weighted by Gasteiger charge is 2.37. The maximum absolute atomic E-state index is 6.45. The average Bonchev–Trinajstić information content (AvgIpc) is 3.78. The number of aliphatic imine (C=N–C) groups is 3. The quantitative estimate of drug-likeness (QED) is 0.226. The number of nitrogens with zero attached hydrogens (tertiary/aromatic N) is 3. The van der Waals surface area contributed by atoms with Gasteiger partial charge in [-0.05, 0) is 58.2 Å². The van der Waals surface area contributed by atoms with Crippen molar-refractivity contribution in [1.29, 1.82) is 0 Å². The molecular weight excluding hydrogens is 558 g/mol. The van der Waals surface area contributed by atoms with Crippen LogP contribution in [0.2, 0.25) is 0 Å². The number of hydrogen-bond donors (Lipinski definition) is 0. The minimum atomic E-state index is 0.0283. The third kappa shape index (κ3) is 5.43. The summed E-state index contributed by atoms with van der Waals surface area (Å²) in [6.07, 6.45) is 0. The van der Waals surface area contributed by atoms with Crippen LogP contribution in [0.3, 0.4) is 0 Å². The van der Waals surface area contributed by atoms with E-state index < -0.39 is 0 Å². The maximum Gasteiger partial charge on any atom is 0.217 e. The molecule has 45 heavy (non-hydrogen) atoms. The standard InChI is InChI=1S/C39H39N3O3/c1-22-7-13-28(14-8-22)31-34(37-40-25(4)19-43-37)32(29-15-9-23(2)10-16-29)36(39-42-27(6)21-45-39)33(30-17-11-24(3)12-18-30)35(31)38-41-26(5)20-44-38/h7-18,25-27H,19-21H2,1-6H3/t25-,26-,27-/m1/s1. The summed E-state index contributed by atoms with van der Waals surface area (Å²) >= 11 is 0. The zero-order valence-corrected chi connectivity index (χ0v) is 26.8. The molecule has 228 valence electrons. The van der Waals surface area contributed by atoms with Gasteiger partial charge in [-0.3, -0.25) is 0 Å². The van der Waals surface area contributed by atoms with Crippen molar-refractivity contribution in [1.82, 2.24) is 0 Å². The van der Waals surface area contributed by atoms with Gasteiger partial charge in [0, 0.05) is 16.7 Å². The van der Waals surface area contributed by atoms with Crippen LogP contribution in [-0.4, -0.2) is 55.6 Å². The van der Waals surface area contributed by atoms with E-state index in [0.717, 1.165) is 50.1 Å². The Labute approximate surface area is 265 Å². The molecule has 6 heteroatoms. The smallest absolute Gasteiger partial charge is 0.217 e. The molecule has 4 aromatic carbocycles. The maximum atomic E-state index is 6.45. The van der Waals surface area contributed by atoms with Crippen molar-refractivity contribution in [3.63, 3.8) is 0 Å². The summed E-state index contributed by atoms with van der Waals surface area (Å²) < 4.78 is 19.4. The second-order valence-corrected chi connectivity index (χ2v) is 12.6. The van der Waals surface area contributed by atoms with E-state index >= 15 is 0 Å². The Morgan fingerprint density at radius 1 is 0.400 bits per heavy atom. The van der Waals surface area contributed by atoms with E-state index in [9.17, 15) is 0 Å². The SMILES string of the molecule is Cc1ccc(-c2c(C3=N[C@H](C)CO3)c(-c3ccc(C)cc3)c(C3=N[C@H](C)CO3)c(-c3ccc(C)cc3)c2C2=N[C@H](C)CO2)cc1. The number of rotatable bonds is 6. The molecule has 0 radical (unpaired) electrons. The summed E-state index contributed by atoms with van der Waals surface area (Å²) in [6, 6.07) is 26.1. The number of hydrogen-bond acceptors (Lipinski definition) is 6. The highest BCUT2D eigenvalue weighted by molar-refractivity contribution is 6.23. The first-order valence-electron chi connectivity index (χ1n) is 15.8. The molecule has 3 atom stereocenters. The molecule has 0 fully saturated rings. The van der Waals surface area contributed by atoms with E-state index in [1.54, 1.807) is 0 Å². The fraction of sp³-hybridized carbons (Fsp3) is 0.308. The topological polar surface area (TPSA) is 64.8 Å². The molecule has 3 aliphatic heterocycles. The molecule has 3 heterocycles. The molecule has 0 unspecified atom stereocenters. The molecule has 6 nitrogen and oxygen atoms in total. The molecule has 0 saturated heterocycles. The van der Waals surface area contributed by atoms with Gasteiger partial charge >= 0.3 is 0 Å². The lowest BCUT2D eigenvalue weighted by molar-refractivity contribution is 0.322. The minimum absolute atomic E-state index is 0.0283. The van der Waals surface area contributed by atoms with E-state index in [2.05, 4.69) is 114 Å². The van der Waals surface area contributed by atoms with Crippen molar-refractivity contribution in [2.45, 2.75) is 59.7 Å². The first kappa shape index (κ1) is 29.0. The zero-order valence-electron chi connectivity index (χ0n) is 26.8. The van der Waals surface area contributed by atoms with Gasteiger partial charge in [0.2, 0.25) is 17.7 Å². The third-order valence-electron chi connectivity index (χ3n) is 8.56. The predicted octanol–water partition coefficient (Wildman–Crippen LogP) is 8.11. The van der Waals surface area contributed by atoms with E-state index in [0.29, 0.717) is 37.5 Å². The Morgan fingerprint density at radius 2 is 0.644 bits per heavy atom. The monoisotopic (exact) mass is 597 g/mol. The molecule has 4 aromatic rings. The molecule has 0 N–H and O–H groups in total. The molecule has 0 saturated carbocycles. The van der Waals surface area contributed by atoms with Gasteiger partial charge in [-0.15, -0.1) is 0 Å². The van der Waals surface area contributed by atoms with E-state index in [-0.39, 0.29) is 18.1 Å². The van der Waals surface area contributed by atoms with Crippen LogP contribution >= 0.6 is 0 Å². The molecule has 0 aromatic heterocycles. The molecule has 0 bridgehead atoms. The van der Waals surface area contributed by atoms with Crippen molar-refractivity contribution < 1.29 is 14.2 Å². The molecule has 0 aliphatic carbocycles. The number of aryl methyl sites for hydroxylation is 3. The van der Waals surface area contributed by atoms with Crippen LogP contribution in [-0.2, 0) is 14.2 Å². The second-order valence-electron chi connectivity index (χ2n) is 12.6. The zero-order chi connectivity index (χ0) is 31.2. The third-order valence-corrected chi connectivity index (χ3v) is 8.56. The molecule has 3 aliphatic rings. The van der Waals surface area contributed by atoms with Gasteiger partial charge in [-0.1, -0.05) is 89.5 Å². The number of ether oxygens (including phenoxy) is 3. The fourth-order valence-corrected chi connectivity index (χ4v) is 6.25. The summed E-state index contributed by atoms with van der Waals surface area (Å²) in [4.78, 5) is 15.2. The Balaban J connectivity index is 1.74.